The van der Waals surface area contributed by atoms with Gasteiger partial charge in [0.2, 0.25) is 0 Å². The molecule has 0 unspecified atom stereocenters. The van der Waals surface area contributed by atoms with Crippen molar-refractivity contribution in [3.63, 3.8) is 0 Å². The molecule has 0 aliphatic heterocycles. The maximum Gasteiger partial charge on any atom is 0.272 e. The van der Waals surface area contributed by atoms with E-state index in [1.54, 1.807) is 19.3 Å². The first-order chi connectivity index (χ1) is 13.6. The van der Waals surface area contributed by atoms with Crippen LogP contribution in [0.25, 0.3) is 21.8 Å². The minimum absolute atomic E-state index is 0.322. The standard InChI is InChI=1S/C22H19N3O3/c1-23-22-13-20(18-6-4-5-7-19(18)24-22)25(2)16-9-11-21(28-3)15(12-16)8-10-17(27)14-26/h4-13,26H,14H2,2-3H3/b10-8+. The van der Waals surface area contributed by atoms with Gasteiger partial charge in [-0.15, -0.1) is 4.98 Å². The second kappa shape index (κ2) is 8.33. The monoisotopic (exact) mass is 373 g/mol. The number of hydrogen-bond donors (Lipinski definition) is 1. The number of carbonyl (C=O) groups is 1. The van der Waals surface area contributed by atoms with Crippen molar-refractivity contribution in [3.8, 4) is 5.75 Å². The minimum Gasteiger partial charge on any atom is -0.496 e. The largest absolute Gasteiger partial charge is 0.496 e. The Hall–Kier alpha value is -3.69. The van der Waals surface area contributed by atoms with Crippen molar-refractivity contribution >= 4 is 40.0 Å². The number of rotatable bonds is 6. The second-order valence-electron chi connectivity index (χ2n) is 6.07. The van der Waals surface area contributed by atoms with Crippen LogP contribution >= 0.6 is 0 Å². The Morgan fingerprint density at radius 1 is 1.29 bits per heavy atom. The van der Waals surface area contributed by atoms with Crippen molar-refractivity contribution in [2.24, 2.45) is 0 Å². The van der Waals surface area contributed by atoms with Gasteiger partial charge in [-0.1, -0.05) is 18.7 Å². The molecule has 0 radical (unpaired) electrons. The van der Waals surface area contributed by atoms with Crippen molar-refractivity contribution in [1.29, 1.82) is 0 Å². The molecular weight excluding hydrogens is 354 g/mol. The number of benzene rings is 2. The average molecular weight is 373 g/mol. The Bertz CT molecular complexity index is 1100. The fourth-order valence-corrected chi connectivity index (χ4v) is 2.91. The molecule has 0 atom stereocenters. The number of methoxy groups -OCH3 is 1. The number of aromatic nitrogens is 1. The van der Waals surface area contributed by atoms with Gasteiger partial charge in [0.05, 0.1) is 7.11 Å². The summed E-state index contributed by atoms with van der Waals surface area (Å²) in [7, 11) is 3.46. The highest BCUT2D eigenvalue weighted by atomic mass is 16.5. The van der Waals surface area contributed by atoms with Crippen LogP contribution in [0.1, 0.15) is 5.56 Å². The third-order valence-corrected chi connectivity index (χ3v) is 4.36. The molecule has 0 fully saturated rings. The molecule has 3 rings (SSSR count). The van der Waals surface area contributed by atoms with Gasteiger partial charge in [0, 0.05) is 29.4 Å². The minimum atomic E-state index is -0.541. The maximum absolute atomic E-state index is 11.4. The molecule has 1 N–H and O–H groups in total. The van der Waals surface area contributed by atoms with Crippen molar-refractivity contribution in [3.05, 3.63) is 71.6 Å². The van der Waals surface area contributed by atoms with Gasteiger partial charge < -0.3 is 19.6 Å². The summed E-state index contributed by atoms with van der Waals surface area (Å²) < 4.78 is 5.37. The zero-order valence-corrected chi connectivity index (χ0v) is 15.6. The lowest BCUT2D eigenvalue weighted by atomic mass is 10.1. The summed E-state index contributed by atoms with van der Waals surface area (Å²) in [6, 6.07) is 15.0. The summed E-state index contributed by atoms with van der Waals surface area (Å²) in [5.74, 6) is 0.547. The SMILES string of the molecule is [C-]#[N+]c1cc(N(C)c2ccc(OC)c(/C=C/C(=O)CO)c2)c2ccccc2n1. The Kier molecular flexibility index (Phi) is 5.68. The van der Waals surface area contributed by atoms with E-state index in [9.17, 15) is 4.79 Å². The molecule has 0 amide bonds. The quantitative estimate of drug-likeness (QED) is 0.520. The number of aliphatic hydroxyl groups is 1. The smallest absolute Gasteiger partial charge is 0.272 e. The summed E-state index contributed by atoms with van der Waals surface area (Å²) >= 11 is 0. The number of nitrogens with zero attached hydrogens (tertiary/aromatic N) is 3. The number of hydrogen-bond acceptors (Lipinski definition) is 5. The number of pyridine rings is 1. The van der Waals surface area contributed by atoms with Crippen molar-refractivity contribution in [1.82, 2.24) is 4.98 Å². The fourth-order valence-electron chi connectivity index (χ4n) is 2.91. The van der Waals surface area contributed by atoms with Crippen molar-refractivity contribution < 1.29 is 14.6 Å². The molecule has 0 saturated carbocycles. The predicted molar refractivity (Wildman–Crippen MR) is 110 cm³/mol. The van der Waals surface area contributed by atoms with E-state index >= 15 is 0 Å². The van der Waals surface area contributed by atoms with Crippen LogP contribution in [-0.4, -0.2) is 36.6 Å². The first-order valence-electron chi connectivity index (χ1n) is 8.58. The van der Waals surface area contributed by atoms with Crippen LogP contribution in [0.4, 0.5) is 17.2 Å². The highest BCUT2D eigenvalue weighted by Crippen LogP contribution is 2.35. The Morgan fingerprint density at radius 2 is 2.07 bits per heavy atom. The van der Waals surface area contributed by atoms with E-state index in [4.69, 9.17) is 16.4 Å². The number of anilines is 2. The summed E-state index contributed by atoms with van der Waals surface area (Å²) in [6.45, 7) is 6.79. The van der Waals surface area contributed by atoms with Crippen LogP contribution < -0.4 is 9.64 Å². The molecule has 6 nitrogen and oxygen atoms in total. The molecule has 0 aliphatic rings. The highest BCUT2D eigenvalue weighted by molar-refractivity contribution is 5.96. The Labute approximate surface area is 163 Å². The number of ether oxygens (including phenoxy) is 1. The van der Waals surface area contributed by atoms with E-state index in [1.807, 2.05) is 54.4 Å². The van der Waals surface area contributed by atoms with E-state index in [1.165, 1.54) is 6.08 Å². The molecule has 1 aromatic heterocycles. The molecule has 0 spiro atoms. The zero-order chi connectivity index (χ0) is 20.1. The third kappa shape index (κ3) is 3.85. The molecule has 0 aliphatic carbocycles. The van der Waals surface area contributed by atoms with E-state index in [0.717, 1.165) is 22.3 Å². The lowest BCUT2D eigenvalue weighted by molar-refractivity contribution is -0.117. The van der Waals surface area contributed by atoms with Gasteiger partial charge in [-0.05, 0) is 48.6 Å². The van der Waals surface area contributed by atoms with Gasteiger partial charge in [0.15, 0.2) is 11.3 Å². The van der Waals surface area contributed by atoms with Crippen molar-refractivity contribution in [2.75, 3.05) is 25.7 Å². The third-order valence-electron chi connectivity index (χ3n) is 4.36. The van der Waals surface area contributed by atoms with E-state index in [0.29, 0.717) is 17.1 Å². The van der Waals surface area contributed by atoms with E-state index in [-0.39, 0.29) is 5.78 Å². The second-order valence-corrected chi connectivity index (χ2v) is 6.07. The molecule has 0 saturated heterocycles. The van der Waals surface area contributed by atoms with Gasteiger partial charge in [-0.3, -0.25) is 4.79 Å². The van der Waals surface area contributed by atoms with Gasteiger partial charge in [-0.25, -0.2) is 0 Å². The number of para-hydroxylation sites is 1. The summed E-state index contributed by atoms with van der Waals surface area (Å²) in [5.41, 5.74) is 3.16. The predicted octanol–water partition coefficient (Wildman–Crippen LogP) is 4.14. The molecule has 140 valence electrons. The molecule has 6 heteroatoms. The maximum atomic E-state index is 11.4. The van der Waals surface area contributed by atoms with Crippen LogP contribution in [0.3, 0.4) is 0 Å². The molecule has 28 heavy (non-hydrogen) atoms. The summed E-state index contributed by atoms with van der Waals surface area (Å²) in [6.07, 6.45) is 2.94. The summed E-state index contributed by atoms with van der Waals surface area (Å²) in [5, 5.41) is 9.84. The number of aliphatic hydroxyl groups excluding tert-OH is 1. The van der Waals surface area contributed by atoms with Crippen LogP contribution in [0.2, 0.25) is 0 Å². The molecular formula is C22H19N3O3. The first kappa shape index (κ1) is 19.1. The average Bonchev–Trinajstić information content (AvgIpc) is 2.75. The number of fused-ring (bicyclic) bond motifs is 1. The zero-order valence-electron chi connectivity index (χ0n) is 15.6. The Morgan fingerprint density at radius 3 is 2.79 bits per heavy atom. The Balaban J connectivity index is 2.09. The van der Waals surface area contributed by atoms with Gasteiger partial charge in [0.25, 0.3) is 5.82 Å². The van der Waals surface area contributed by atoms with Gasteiger partial charge >= 0.3 is 0 Å². The van der Waals surface area contributed by atoms with Crippen LogP contribution in [0.15, 0.2) is 54.6 Å². The van der Waals surface area contributed by atoms with Gasteiger partial charge in [-0.2, -0.15) is 0 Å². The van der Waals surface area contributed by atoms with E-state index < -0.39 is 6.61 Å². The fraction of sp³-hybridized carbons (Fsp3) is 0.136. The van der Waals surface area contributed by atoms with E-state index in [2.05, 4.69) is 9.83 Å². The van der Waals surface area contributed by atoms with Crippen molar-refractivity contribution in [2.45, 2.75) is 0 Å². The summed E-state index contributed by atoms with van der Waals surface area (Å²) in [4.78, 5) is 21.2. The van der Waals surface area contributed by atoms with Crippen LogP contribution in [-0.2, 0) is 4.79 Å². The van der Waals surface area contributed by atoms with Crippen LogP contribution in [0, 0.1) is 6.57 Å². The van der Waals surface area contributed by atoms with Crippen LogP contribution in [0.5, 0.6) is 5.75 Å². The lowest BCUT2D eigenvalue weighted by Crippen LogP contribution is -2.10. The molecule has 1 heterocycles. The number of carbonyl (C=O) groups excluding carboxylic acids is 1. The topological polar surface area (TPSA) is 67.0 Å². The highest BCUT2D eigenvalue weighted by Gasteiger charge is 2.14. The molecule has 3 aromatic rings. The molecule has 0 bridgehead atoms. The number of ketones is 1. The normalized spacial score (nSPS) is 10.8. The van der Waals surface area contributed by atoms with Gasteiger partial charge in [0.1, 0.15) is 12.4 Å². The lowest BCUT2D eigenvalue weighted by Gasteiger charge is -2.22. The first-order valence-corrected chi connectivity index (χ1v) is 8.58. The molecule has 2 aromatic carbocycles.